The second-order valence-corrected chi connectivity index (χ2v) is 3.67. The molecule has 0 heterocycles. The number of nitrogens with two attached hydrogens (primary N) is 1. The van der Waals surface area contributed by atoms with Crippen LogP contribution in [0.2, 0.25) is 0 Å². The summed E-state index contributed by atoms with van der Waals surface area (Å²) in [7, 11) is 0. The lowest BCUT2D eigenvalue weighted by molar-refractivity contribution is 1.10. The predicted octanol–water partition coefficient (Wildman–Crippen LogP) is 2.98. The summed E-state index contributed by atoms with van der Waals surface area (Å²) in [5.41, 5.74) is 6.40. The van der Waals surface area contributed by atoms with Crippen LogP contribution in [0.25, 0.3) is 0 Å². The average molecular weight is 180 g/mol. The van der Waals surface area contributed by atoms with Gasteiger partial charge in [0, 0.05) is 16.3 Å². The molecule has 1 aromatic rings. The number of hydrogen-bond donors (Lipinski definition) is 1. The fraction of sp³-hybridized carbons (Fsp3) is 0.300. The fourth-order valence-corrected chi connectivity index (χ4v) is 1.71. The maximum atomic E-state index is 5.56. The molecule has 1 rings (SSSR count). The van der Waals surface area contributed by atoms with Crippen molar-refractivity contribution in [2.24, 2.45) is 0 Å². The van der Waals surface area contributed by atoms with E-state index in [2.05, 4.69) is 25.5 Å². The van der Waals surface area contributed by atoms with Crippen LogP contribution < -0.4 is 5.73 Å². The maximum Gasteiger partial charge on any atom is 0.0314 e. The van der Waals surface area contributed by atoms with Crippen molar-refractivity contribution in [2.75, 3.05) is 11.5 Å². The van der Waals surface area contributed by atoms with Gasteiger partial charge in [0.05, 0.1) is 0 Å². The highest BCUT2D eigenvalue weighted by Gasteiger charge is 1.92. The van der Waals surface area contributed by atoms with E-state index in [1.54, 1.807) is 0 Å². The van der Waals surface area contributed by atoms with E-state index in [4.69, 9.17) is 5.73 Å². The highest BCUT2D eigenvalue weighted by molar-refractivity contribution is 7.99. The van der Waals surface area contributed by atoms with Gasteiger partial charge in [0.1, 0.15) is 0 Å². The molecule has 1 aromatic carbocycles. The van der Waals surface area contributed by atoms with Gasteiger partial charge in [0.15, 0.2) is 0 Å². The molecule has 0 aromatic heterocycles. The fourth-order valence-electron chi connectivity index (χ4n) is 0.837. The lowest BCUT2D eigenvalue weighted by Crippen LogP contribution is -1.83. The topological polar surface area (TPSA) is 26.0 Å². The molecule has 0 fully saturated rings. The third kappa shape index (κ3) is 3.18. The van der Waals surface area contributed by atoms with Gasteiger partial charge in [0.25, 0.3) is 0 Å². The van der Waals surface area contributed by atoms with Crippen molar-refractivity contribution in [1.29, 1.82) is 0 Å². The number of unbranched alkanes of at least 4 members (excludes halogenated alkanes) is 1. The highest BCUT2D eigenvalue weighted by atomic mass is 32.2. The minimum Gasteiger partial charge on any atom is -0.399 e. The van der Waals surface area contributed by atoms with Gasteiger partial charge < -0.3 is 5.73 Å². The monoisotopic (exact) mass is 180 g/mol. The summed E-state index contributed by atoms with van der Waals surface area (Å²) in [5.74, 6) is 1.08. The van der Waals surface area contributed by atoms with Crippen molar-refractivity contribution < 1.29 is 0 Å². The zero-order chi connectivity index (χ0) is 8.81. The van der Waals surface area contributed by atoms with Crippen molar-refractivity contribution in [1.82, 2.24) is 0 Å². The zero-order valence-electron chi connectivity index (χ0n) is 7.29. The van der Waals surface area contributed by atoms with Crippen LogP contribution >= 0.6 is 11.8 Å². The molecule has 0 amide bonds. The molecule has 1 radical (unpaired) electrons. The van der Waals surface area contributed by atoms with E-state index in [9.17, 15) is 0 Å². The van der Waals surface area contributed by atoms with Gasteiger partial charge >= 0.3 is 0 Å². The predicted molar refractivity (Wildman–Crippen MR) is 56.2 cm³/mol. The van der Waals surface area contributed by atoms with Crippen LogP contribution in [0.3, 0.4) is 0 Å². The molecule has 0 saturated heterocycles. The second kappa shape index (κ2) is 5.09. The Bertz CT molecular complexity index is 218. The van der Waals surface area contributed by atoms with Gasteiger partial charge in [-0.05, 0) is 30.7 Å². The van der Waals surface area contributed by atoms with E-state index >= 15 is 0 Å². The Labute approximate surface area is 78.4 Å². The molecule has 0 saturated carbocycles. The first-order valence-corrected chi connectivity index (χ1v) is 5.11. The van der Waals surface area contributed by atoms with Crippen LogP contribution in [0.5, 0.6) is 0 Å². The van der Waals surface area contributed by atoms with Gasteiger partial charge in [-0.25, -0.2) is 0 Å². The Hall–Kier alpha value is -0.630. The molecule has 12 heavy (non-hydrogen) atoms. The van der Waals surface area contributed by atoms with Crippen LogP contribution in [0.1, 0.15) is 13.3 Å². The Morgan fingerprint density at radius 3 is 2.58 bits per heavy atom. The van der Waals surface area contributed by atoms with Crippen LogP contribution in [-0.2, 0) is 0 Å². The van der Waals surface area contributed by atoms with E-state index < -0.39 is 0 Å². The molecule has 0 atom stereocenters. The number of hydrogen-bond acceptors (Lipinski definition) is 2. The van der Waals surface area contributed by atoms with E-state index in [0.717, 1.165) is 17.9 Å². The summed E-state index contributed by atoms with van der Waals surface area (Å²) in [6.07, 6.45) is 3.41. The van der Waals surface area contributed by atoms with E-state index in [-0.39, 0.29) is 0 Å². The summed E-state index contributed by atoms with van der Waals surface area (Å²) in [6.45, 7) is 2.16. The second-order valence-electron chi connectivity index (χ2n) is 2.58. The van der Waals surface area contributed by atoms with Gasteiger partial charge in [-0.1, -0.05) is 13.3 Å². The van der Waals surface area contributed by atoms with Crippen molar-refractivity contribution in [2.45, 2.75) is 18.2 Å². The molecule has 0 spiro atoms. The summed E-state index contributed by atoms with van der Waals surface area (Å²) >= 11 is 1.84. The highest BCUT2D eigenvalue weighted by Crippen LogP contribution is 2.19. The van der Waals surface area contributed by atoms with E-state index in [1.807, 2.05) is 23.9 Å². The normalized spacial score (nSPS) is 10.1. The molecule has 0 aliphatic heterocycles. The molecule has 0 aliphatic carbocycles. The van der Waals surface area contributed by atoms with Gasteiger partial charge in [-0.2, -0.15) is 0 Å². The lowest BCUT2D eigenvalue weighted by atomic mass is 10.3. The quantitative estimate of drug-likeness (QED) is 0.438. The van der Waals surface area contributed by atoms with E-state index in [0.29, 0.717) is 0 Å². The SMILES string of the molecule is CC[CH]CSc1ccc(N)cc1. The Kier molecular flexibility index (Phi) is 4.01. The summed E-state index contributed by atoms with van der Waals surface area (Å²) in [5, 5.41) is 0. The molecule has 65 valence electrons. The molecule has 1 nitrogen and oxygen atoms in total. The molecule has 2 N–H and O–H groups in total. The minimum absolute atomic E-state index is 0.832. The Balaban J connectivity index is 2.37. The standard InChI is InChI=1S/C10H14NS/c1-2-3-8-12-10-6-4-9(11)5-7-10/h3-7H,2,8,11H2,1H3. The maximum absolute atomic E-state index is 5.56. The first-order chi connectivity index (χ1) is 5.83. The summed E-state index contributed by atoms with van der Waals surface area (Å²) < 4.78 is 0. The Morgan fingerprint density at radius 2 is 2.00 bits per heavy atom. The summed E-state index contributed by atoms with van der Waals surface area (Å²) in [4.78, 5) is 1.29. The Morgan fingerprint density at radius 1 is 1.33 bits per heavy atom. The van der Waals surface area contributed by atoms with Crippen LogP contribution in [0, 0.1) is 6.42 Å². The largest absolute Gasteiger partial charge is 0.399 e. The van der Waals surface area contributed by atoms with Crippen molar-refractivity contribution in [3.8, 4) is 0 Å². The molecule has 0 bridgehead atoms. The van der Waals surface area contributed by atoms with Gasteiger partial charge in [-0.15, -0.1) is 11.8 Å². The molecular formula is C10H14NS. The number of benzene rings is 1. The third-order valence-electron chi connectivity index (χ3n) is 1.54. The van der Waals surface area contributed by atoms with Crippen molar-refractivity contribution in [3.63, 3.8) is 0 Å². The zero-order valence-corrected chi connectivity index (χ0v) is 8.10. The lowest BCUT2D eigenvalue weighted by Gasteiger charge is -1.99. The number of thioether (sulfide) groups is 1. The first-order valence-electron chi connectivity index (χ1n) is 4.13. The summed E-state index contributed by atoms with van der Waals surface area (Å²) in [6, 6.07) is 8.00. The van der Waals surface area contributed by atoms with E-state index in [1.165, 1.54) is 4.90 Å². The average Bonchev–Trinajstić information content (AvgIpc) is 2.09. The van der Waals surface area contributed by atoms with Gasteiger partial charge in [0.2, 0.25) is 0 Å². The first kappa shape index (κ1) is 9.46. The number of rotatable bonds is 4. The number of anilines is 1. The van der Waals surface area contributed by atoms with Crippen molar-refractivity contribution in [3.05, 3.63) is 30.7 Å². The van der Waals surface area contributed by atoms with Crippen LogP contribution in [0.15, 0.2) is 29.2 Å². The number of nitrogen functional groups attached to an aromatic ring is 1. The van der Waals surface area contributed by atoms with Crippen molar-refractivity contribution >= 4 is 17.4 Å². The minimum atomic E-state index is 0.832. The molecule has 0 aliphatic rings. The van der Waals surface area contributed by atoms with Gasteiger partial charge in [-0.3, -0.25) is 0 Å². The molecule has 2 heteroatoms. The molecule has 0 unspecified atom stereocenters. The van der Waals surface area contributed by atoms with Crippen LogP contribution in [-0.4, -0.2) is 5.75 Å². The molecular weight excluding hydrogens is 166 g/mol. The smallest absolute Gasteiger partial charge is 0.0314 e. The third-order valence-corrected chi connectivity index (χ3v) is 2.54. The van der Waals surface area contributed by atoms with Crippen LogP contribution in [0.4, 0.5) is 5.69 Å².